The van der Waals surface area contributed by atoms with Gasteiger partial charge in [-0.1, -0.05) is 62.2 Å². The first-order valence-corrected chi connectivity index (χ1v) is 11.4. The van der Waals surface area contributed by atoms with Crippen LogP contribution in [-0.2, 0) is 0 Å². The Hall–Kier alpha value is -2.19. The van der Waals surface area contributed by atoms with Crippen molar-refractivity contribution in [2.24, 2.45) is 0 Å². The van der Waals surface area contributed by atoms with Gasteiger partial charge in [-0.3, -0.25) is 4.98 Å². The van der Waals surface area contributed by atoms with Crippen molar-refractivity contribution in [3.63, 3.8) is 0 Å². The van der Waals surface area contributed by atoms with E-state index in [1.165, 1.54) is 67.6 Å². The molecule has 1 aromatic heterocycles. The van der Waals surface area contributed by atoms with E-state index in [1.807, 2.05) is 18.5 Å². The molecule has 1 aromatic carbocycles. The quantitative estimate of drug-likeness (QED) is 0.414. The van der Waals surface area contributed by atoms with Crippen molar-refractivity contribution in [2.45, 2.75) is 57.8 Å². The van der Waals surface area contributed by atoms with Gasteiger partial charge in [0.05, 0.1) is 0 Å². The summed E-state index contributed by atoms with van der Waals surface area (Å²) in [5, 5.41) is 0. The molecule has 2 heteroatoms. The van der Waals surface area contributed by atoms with E-state index >= 15 is 0 Å². The zero-order chi connectivity index (χ0) is 20.3. The zero-order valence-electron chi connectivity index (χ0n) is 18.0. The van der Waals surface area contributed by atoms with E-state index in [0.29, 0.717) is 5.92 Å². The number of likely N-dealkylation sites (tertiary alicyclic amines) is 1. The lowest BCUT2D eigenvalue weighted by molar-refractivity contribution is 0.221. The number of unbranched alkanes of at least 4 members (excludes halogenated alkanes) is 1. The molecule has 29 heavy (non-hydrogen) atoms. The molecule has 2 heterocycles. The van der Waals surface area contributed by atoms with Crippen molar-refractivity contribution in [3.05, 3.63) is 84.2 Å². The van der Waals surface area contributed by atoms with Crippen molar-refractivity contribution < 1.29 is 0 Å². The lowest BCUT2D eigenvalue weighted by atomic mass is 9.88. The normalized spacial score (nSPS) is 16.5. The van der Waals surface area contributed by atoms with Crippen LogP contribution in [0.5, 0.6) is 0 Å². The Morgan fingerprint density at radius 2 is 1.97 bits per heavy atom. The van der Waals surface area contributed by atoms with Crippen LogP contribution in [0.3, 0.4) is 0 Å². The Morgan fingerprint density at radius 3 is 2.69 bits per heavy atom. The summed E-state index contributed by atoms with van der Waals surface area (Å²) in [5.41, 5.74) is 5.24. The van der Waals surface area contributed by atoms with Crippen molar-refractivity contribution in [1.29, 1.82) is 0 Å². The van der Waals surface area contributed by atoms with Gasteiger partial charge in [0.25, 0.3) is 0 Å². The smallest absolute Gasteiger partial charge is 0.0346 e. The molecule has 0 saturated carbocycles. The Kier molecular flexibility index (Phi) is 8.70. The number of nitrogens with zero attached hydrogens (tertiary/aromatic N) is 2. The molecule has 3 rings (SSSR count). The van der Waals surface area contributed by atoms with Gasteiger partial charge in [-0.2, -0.15) is 0 Å². The van der Waals surface area contributed by atoms with E-state index in [0.717, 1.165) is 19.3 Å². The third-order valence-electron chi connectivity index (χ3n) is 5.97. The summed E-state index contributed by atoms with van der Waals surface area (Å²) in [4.78, 5) is 6.99. The van der Waals surface area contributed by atoms with E-state index in [4.69, 9.17) is 0 Å². The van der Waals surface area contributed by atoms with Gasteiger partial charge < -0.3 is 4.90 Å². The number of hydrogen-bond acceptors (Lipinski definition) is 2. The van der Waals surface area contributed by atoms with Crippen LogP contribution in [0, 0.1) is 0 Å². The molecule has 0 amide bonds. The minimum atomic E-state index is 0.538. The number of hydrogen-bond donors (Lipinski definition) is 0. The van der Waals surface area contributed by atoms with Crippen molar-refractivity contribution >= 4 is 5.57 Å². The number of pyridine rings is 1. The second-order valence-corrected chi connectivity index (χ2v) is 8.19. The number of piperidine rings is 1. The van der Waals surface area contributed by atoms with Crippen LogP contribution < -0.4 is 0 Å². The molecule has 1 aliphatic rings. The number of rotatable bonds is 10. The predicted octanol–water partition coefficient (Wildman–Crippen LogP) is 6.85. The highest BCUT2D eigenvalue weighted by Gasteiger charge is 2.16. The third kappa shape index (κ3) is 6.40. The fourth-order valence-corrected chi connectivity index (χ4v) is 4.32. The fraction of sp³-hybridized carbons (Fsp3) is 0.444. The molecular weight excluding hydrogens is 352 g/mol. The van der Waals surface area contributed by atoms with Crippen LogP contribution in [0.4, 0.5) is 0 Å². The lowest BCUT2D eigenvalue weighted by Crippen LogP contribution is -2.31. The summed E-state index contributed by atoms with van der Waals surface area (Å²) in [6.45, 7) is 10.0. The largest absolute Gasteiger partial charge is 0.303 e. The van der Waals surface area contributed by atoms with Gasteiger partial charge in [-0.25, -0.2) is 0 Å². The first-order valence-electron chi connectivity index (χ1n) is 11.4. The first-order chi connectivity index (χ1) is 14.3. The minimum absolute atomic E-state index is 0.538. The number of aromatic nitrogens is 1. The number of benzene rings is 1. The molecule has 0 N–H and O–H groups in total. The highest BCUT2D eigenvalue weighted by molar-refractivity contribution is 5.79. The molecule has 0 radical (unpaired) electrons. The molecule has 1 unspecified atom stereocenters. The van der Waals surface area contributed by atoms with Gasteiger partial charge in [0.2, 0.25) is 0 Å². The molecule has 0 bridgehead atoms. The van der Waals surface area contributed by atoms with Crippen molar-refractivity contribution in [1.82, 2.24) is 9.88 Å². The van der Waals surface area contributed by atoms with Crippen molar-refractivity contribution in [3.8, 4) is 0 Å². The summed E-state index contributed by atoms with van der Waals surface area (Å²) in [5.74, 6) is 0.538. The predicted molar refractivity (Wildman–Crippen MR) is 125 cm³/mol. The Morgan fingerprint density at radius 1 is 1.14 bits per heavy atom. The average Bonchev–Trinajstić information content (AvgIpc) is 2.78. The average molecular weight is 389 g/mol. The van der Waals surface area contributed by atoms with Gasteiger partial charge in [-0.15, -0.1) is 6.58 Å². The number of allylic oxidation sites excluding steroid dienone is 2. The molecular formula is C27H36N2. The summed E-state index contributed by atoms with van der Waals surface area (Å²) >= 11 is 0. The van der Waals surface area contributed by atoms with E-state index in [2.05, 4.69) is 65.9 Å². The van der Waals surface area contributed by atoms with Crippen LogP contribution in [0.25, 0.3) is 5.57 Å². The summed E-state index contributed by atoms with van der Waals surface area (Å²) < 4.78 is 0. The molecule has 1 saturated heterocycles. The van der Waals surface area contributed by atoms with Crippen LogP contribution in [0.1, 0.15) is 74.5 Å². The lowest BCUT2D eigenvalue weighted by Gasteiger charge is -2.28. The molecule has 2 aromatic rings. The van der Waals surface area contributed by atoms with Crippen LogP contribution in [0.2, 0.25) is 0 Å². The maximum absolute atomic E-state index is 4.35. The third-order valence-corrected chi connectivity index (χ3v) is 5.97. The Bertz CT molecular complexity index is 772. The Labute approximate surface area is 177 Å². The van der Waals surface area contributed by atoms with Gasteiger partial charge in [0.1, 0.15) is 0 Å². The molecule has 1 atom stereocenters. The molecule has 0 spiro atoms. The maximum atomic E-state index is 4.35. The van der Waals surface area contributed by atoms with Gasteiger partial charge in [0, 0.05) is 18.0 Å². The fourth-order valence-electron chi connectivity index (χ4n) is 4.32. The first kappa shape index (κ1) is 21.5. The highest BCUT2D eigenvalue weighted by atomic mass is 15.1. The molecule has 154 valence electrons. The van der Waals surface area contributed by atoms with Crippen LogP contribution in [-0.4, -0.2) is 29.5 Å². The highest BCUT2D eigenvalue weighted by Crippen LogP contribution is 2.30. The molecule has 1 fully saturated rings. The maximum Gasteiger partial charge on any atom is 0.0346 e. The minimum Gasteiger partial charge on any atom is -0.303 e. The summed E-state index contributed by atoms with van der Waals surface area (Å²) in [6, 6.07) is 13.4. The second-order valence-electron chi connectivity index (χ2n) is 8.19. The van der Waals surface area contributed by atoms with Crippen LogP contribution in [0.15, 0.2) is 67.5 Å². The van der Waals surface area contributed by atoms with E-state index in [9.17, 15) is 0 Å². The molecule has 1 aliphatic heterocycles. The molecule has 0 aliphatic carbocycles. The zero-order valence-corrected chi connectivity index (χ0v) is 18.0. The SMILES string of the molecule is C=CCC(CCN1CCCCC1)c1cccc(/C(=C\CCC)c2cccnc2)c1. The van der Waals surface area contributed by atoms with E-state index in [-0.39, 0.29) is 0 Å². The van der Waals surface area contributed by atoms with Gasteiger partial charge in [0.15, 0.2) is 0 Å². The standard InChI is InChI=1S/C27H36N2/c1-3-5-15-27(26-14-10-17-28-22-26)25-13-9-12-24(21-25)23(11-4-2)16-20-29-18-7-6-8-19-29/h4,9-10,12-15,17,21-23H,2-3,5-8,11,16,18-20H2,1H3/b27-15+. The van der Waals surface area contributed by atoms with Crippen LogP contribution >= 0.6 is 0 Å². The van der Waals surface area contributed by atoms with Gasteiger partial charge >= 0.3 is 0 Å². The second kappa shape index (κ2) is 11.7. The Balaban J connectivity index is 1.81. The summed E-state index contributed by atoms with van der Waals surface area (Å²) in [7, 11) is 0. The monoisotopic (exact) mass is 388 g/mol. The summed E-state index contributed by atoms with van der Waals surface area (Å²) in [6.07, 6.45) is 16.9. The van der Waals surface area contributed by atoms with Crippen molar-refractivity contribution in [2.75, 3.05) is 19.6 Å². The van der Waals surface area contributed by atoms with Gasteiger partial charge in [-0.05, 0) is 80.4 Å². The topological polar surface area (TPSA) is 16.1 Å². The van der Waals surface area contributed by atoms with E-state index in [1.54, 1.807) is 0 Å². The molecule has 2 nitrogen and oxygen atoms in total. The van der Waals surface area contributed by atoms with E-state index < -0.39 is 0 Å².